The lowest BCUT2D eigenvalue weighted by atomic mass is 9.88. The Kier molecular flexibility index (Phi) is 5.67. The van der Waals surface area contributed by atoms with Crippen LogP contribution < -0.4 is 5.32 Å². The molecule has 132 valence electrons. The first-order valence-electron chi connectivity index (χ1n) is 8.28. The predicted octanol–water partition coefficient (Wildman–Crippen LogP) is 3.02. The molecule has 2 rings (SSSR count). The summed E-state index contributed by atoms with van der Waals surface area (Å²) in [6.07, 6.45) is 0.693. The van der Waals surface area contributed by atoms with Gasteiger partial charge in [-0.1, -0.05) is 39.0 Å². The Bertz CT molecular complexity index is 698. The van der Waals surface area contributed by atoms with Crippen LogP contribution in [0.15, 0.2) is 28.7 Å². The Balaban J connectivity index is 2.31. The van der Waals surface area contributed by atoms with Crippen molar-refractivity contribution in [2.45, 2.75) is 39.8 Å². The van der Waals surface area contributed by atoms with Crippen LogP contribution in [0.3, 0.4) is 0 Å². The van der Waals surface area contributed by atoms with Crippen molar-refractivity contribution >= 4 is 16.9 Å². The third-order valence-electron chi connectivity index (χ3n) is 3.79. The zero-order valence-electron chi connectivity index (χ0n) is 15.2. The summed E-state index contributed by atoms with van der Waals surface area (Å²) in [6, 6.07) is 7.37. The van der Waals surface area contributed by atoms with Crippen molar-refractivity contribution in [2.75, 3.05) is 20.7 Å². The van der Waals surface area contributed by atoms with E-state index in [1.54, 1.807) is 0 Å². The number of aliphatic hydroxyl groups is 1. The molecule has 0 radical (unpaired) electrons. The summed E-state index contributed by atoms with van der Waals surface area (Å²) in [5, 5.41) is 13.5. The van der Waals surface area contributed by atoms with Crippen LogP contribution in [0.1, 0.15) is 43.3 Å². The number of para-hydroxylation sites is 1. The molecule has 2 N–H and O–H groups in total. The third-order valence-corrected chi connectivity index (χ3v) is 3.79. The maximum Gasteiger partial charge on any atom is 0.287 e. The molecule has 0 aliphatic heterocycles. The highest BCUT2D eigenvalue weighted by Gasteiger charge is 2.25. The Morgan fingerprint density at radius 2 is 1.96 bits per heavy atom. The first-order valence-corrected chi connectivity index (χ1v) is 8.28. The van der Waals surface area contributed by atoms with E-state index in [0.717, 1.165) is 10.9 Å². The Morgan fingerprint density at radius 3 is 2.54 bits per heavy atom. The van der Waals surface area contributed by atoms with E-state index in [1.165, 1.54) is 0 Å². The van der Waals surface area contributed by atoms with E-state index in [2.05, 4.69) is 26.1 Å². The average molecular weight is 332 g/mol. The standard InChI is InChI=1S/C19H28N2O3/c1-19(2,3)10-13(12-22)20-18(23)17-15(11-21(4)5)14-8-6-7-9-16(14)24-17/h6-9,13,22H,10-12H2,1-5H3,(H,20,23). The van der Waals surface area contributed by atoms with Crippen molar-refractivity contribution in [2.24, 2.45) is 5.41 Å². The minimum atomic E-state index is -0.294. The molecule has 1 atom stereocenters. The highest BCUT2D eigenvalue weighted by Crippen LogP contribution is 2.27. The fourth-order valence-corrected chi connectivity index (χ4v) is 2.91. The summed E-state index contributed by atoms with van der Waals surface area (Å²) in [5.41, 5.74) is 1.59. The van der Waals surface area contributed by atoms with E-state index in [9.17, 15) is 9.90 Å². The van der Waals surface area contributed by atoms with Crippen molar-refractivity contribution in [1.29, 1.82) is 0 Å². The zero-order chi connectivity index (χ0) is 17.9. The Hall–Kier alpha value is -1.85. The van der Waals surface area contributed by atoms with Crippen molar-refractivity contribution < 1.29 is 14.3 Å². The molecule has 1 aromatic heterocycles. The smallest absolute Gasteiger partial charge is 0.287 e. The van der Waals surface area contributed by atoms with E-state index in [-0.39, 0.29) is 24.0 Å². The highest BCUT2D eigenvalue weighted by atomic mass is 16.3. The molecule has 0 fully saturated rings. The van der Waals surface area contributed by atoms with E-state index in [4.69, 9.17) is 4.42 Å². The maximum atomic E-state index is 12.7. The van der Waals surface area contributed by atoms with Crippen LogP contribution in [0.2, 0.25) is 0 Å². The van der Waals surface area contributed by atoms with E-state index < -0.39 is 0 Å². The van der Waals surface area contributed by atoms with Crippen LogP contribution in [-0.2, 0) is 6.54 Å². The van der Waals surface area contributed by atoms with Crippen LogP contribution in [0.4, 0.5) is 0 Å². The molecule has 5 nitrogen and oxygen atoms in total. The molecule has 0 spiro atoms. The van der Waals surface area contributed by atoms with Gasteiger partial charge < -0.3 is 19.7 Å². The van der Waals surface area contributed by atoms with Gasteiger partial charge in [0.15, 0.2) is 5.76 Å². The van der Waals surface area contributed by atoms with Crippen molar-refractivity contribution in [3.8, 4) is 0 Å². The van der Waals surface area contributed by atoms with Gasteiger partial charge in [-0.05, 0) is 32.0 Å². The molecule has 1 heterocycles. The summed E-state index contributed by atoms with van der Waals surface area (Å²) in [5.74, 6) is 0.0589. The molecule has 1 aromatic carbocycles. The van der Waals surface area contributed by atoms with Gasteiger partial charge in [-0.25, -0.2) is 0 Å². The first-order chi connectivity index (χ1) is 11.2. The monoisotopic (exact) mass is 332 g/mol. The largest absolute Gasteiger partial charge is 0.451 e. The number of aliphatic hydroxyl groups excluding tert-OH is 1. The Morgan fingerprint density at radius 1 is 1.29 bits per heavy atom. The molecule has 5 heteroatoms. The average Bonchev–Trinajstić information content (AvgIpc) is 2.83. The zero-order valence-corrected chi connectivity index (χ0v) is 15.2. The van der Waals surface area contributed by atoms with Gasteiger partial charge in [0.25, 0.3) is 5.91 Å². The first kappa shape index (κ1) is 18.5. The fraction of sp³-hybridized carbons (Fsp3) is 0.526. The van der Waals surface area contributed by atoms with Gasteiger partial charge in [0.1, 0.15) is 5.58 Å². The van der Waals surface area contributed by atoms with Gasteiger partial charge in [-0.2, -0.15) is 0 Å². The SMILES string of the molecule is CN(C)Cc1c(C(=O)NC(CO)CC(C)(C)C)oc2ccccc12. The molecular formula is C19H28N2O3. The van der Waals surface area contributed by atoms with E-state index >= 15 is 0 Å². The summed E-state index contributed by atoms with van der Waals surface area (Å²) in [7, 11) is 3.92. The maximum absolute atomic E-state index is 12.7. The van der Waals surface area contributed by atoms with Gasteiger partial charge in [0, 0.05) is 17.5 Å². The number of benzene rings is 1. The van der Waals surface area contributed by atoms with Crippen molar-refractivity contribution in [1.82, 2.24) is 10.2 Å². The van der Waals surface area contributed by atoms with Gasteiger partial charge in [0.2, 0.25) is 0 Å². The number of nitrogens with one attached hydrogen (secondary N) is 1. The molecule has 0 aliphatic rings. The van der Waals surface area contributed by atoms with Gasteiger partial charge in [0.05, 0.1) is 12.6 Å². The molecule has 2 aromatic rings. The van der Waals surface area contributed by atoms with Gasteiger partial charge in [-0.15, -0.1) is 0 Å². The Labute approximate surface area is 143 Å². The predicted molar refractivity (Wildman–Crippen MR) is 96.0 cm³/mol. The topological polar surface area (TPSA) is 65.7 Å². The van der Waals surface area contributed by atoms with Crippen molar-refractivity contribution in [3.05, 3.63) is 35.6 Å². The second kappa shape index (κ2) is 7.36. The minimum Gasteiger partial charge on any atom is -0.451 e. The molecule has 1 amide bonds. The summed E-state index contributed by atoms with van der Waals surface area (Å²) < 4.78 is 5.82. The number of carbonyl (C=O) groups is 1. The van der Waals surface area contributed by atoms with E-state index in [0.29, 0.717) is 24.3 Å². The fourth-order valence-electron chi connectivity index (χ4n) is 2.91. The summed E-state index contributed by atoms with van der Waals surface area (Å²) in [6.45, 7) is 6.77. The number of rotatable bonds is 6. The molecule has 0 bridgehead atoms. The summed E-state index contributed by atoms with van der Waals surface area (Å²) >= 11 is 0. The minimum absolute atomic E-state index is 0.0149. The van der Waals surface area contributed by atoms with Crippen LogP contribution in [0, 0.1) is 5.41 Å². The molecule has 1 unspecified atom stereocenters. The number of amides is 1. The second-order valence-electron chi connectivity index (χ2n) is 7.76. The quantitative estimate of drug-likeness (QED) is 0.853. The highest BCUT2D eigenvalue weighted by molar-refractivity contribution is 5.99. The normalized spacial score (nSPS) is 13.5. The molecule has 24 heavy (non-hydrogen) atoms. The van der Waals surface area contributed by atoms with Gasteiger partial charge in [-0.3, -0.25) is 4.79 Å². The molecule has 0 saturated heterocycles. The molecule has 0 saturated carbocycles. The van der Waals surface area contributed by atoms with Crippen molar-refractivity contribution in [3.63, 3.8) is 0 Å². The lowest BCUT2D eigenvalue weighted by molar-refractivity contribution is 0.0869. The number of nitrogens with zero attached hydrogens (tertiary/aromatic N) is 1. The van der Waals surface area contributed by atoms with Crippen LogP contribution in [-0.4, -0.2) is 42.7 Å². The van der Waals surface area contributed by atoms with Gasteiger partial charge >= 0.3 is 0 Å². The molecular weight excluding hydrogens is 304 g/mol. The summed E-state index contributed by atoms with van der Waals surface area (Å²) in [4.78, 5) is 14.7. The number of carbonyl (C=O) groups excluding carboxylic acids is 1. The van der Waals surface area contributed by atoms with Crippen LogP contribution in [0.5, 0.6) is 0 Å². The number of furan rings is 1. The molecule has 0 aliphatic carbocycles. The second-order valence-corrected chi connectivity index (χ2v) is 7.76. The third kappa shape index (κ3) is 4.58. The number of hydrogen-bond acceptors (Lipinski definition) is 4. The lowest BCUT2D eigenvalue weighted by Gasteiger charge is -2.25. The lowest BCUT2D eigenvalue weighted by Crippen LogP contribution is -2.40. The van der Waals surface area contributed by atoms with Crippen LogP contribution in [0.25, 0.3) is 11.0 Å². The van der Waals surface area contributed by atoms with E-state index in [1.807, 2.05) is 43.3 Å². The number of fused-ring (bicyclic) bond motifs is 1. The van der Waals surface area contributed by atoms with Crippen LogP contribution >= 0.6 is 0 Å². The number of hydrogen-bond donors (Lipinski definition) is 2.